The van der Waals surface area contributed by atoms with Crippen molar-refractivity contribution in [3.8, 4) is 0 Å². The van der Waals surface area contributed by atoms with Gasteiger partial charge in [-0.15, -0.1) is 0 Å². The van der Waals surface area contributed by atoms with E-state index in [0.29, 0.717) is 16.7 Å². The molecule has 12 nitrogen and oxygen atoms in total. The van der Waals surface area contributed by atoms with E-state index in [4.69, 9.17) is 0 Å². The van der Waals surface area contributed by atoms with Crippen LogP contribution in [0, 0.1) is 20.2 Å². The summed E-state index contributed by atoms with van der Waals surface area (Å²) < 4.78 is 33.9. The number of hydrogen-bond donors (Lipinski definition) is 2. The van der Waals surface area contributed by atoms with Crippen molar-refractivity contribution in [1.29, 1.82) is 0 Å². The van der Waals surface area contributed by atoms with E-state index < -0.39 is 30.8 Å². The molecule has 212 valence electrons. The molecular weight excluding hydrogens is 566 g/mol. The summed E-state index contributed by atoms with van der Waals surface area (Å²) in [6, 6.07) is 20.9. The molecule has 0 fully saturated rings. The van der Waals surface area contributed by atoms with Crippen molar-refractivity contribution < 1.29 is 32.4 Å². The number of rotatable bonds is 10. The van der Waals surface area contributed by atoms with Crippen molar-refractivity contribution in [2.45, 2.75) is 11.3 Å². The van der Waals surface area contributed by atoms with Gasteiger partial charge < -0.3 is 5.32 Å². The Hall–Kier alpha value is -5.53. The van der Waals surface area contributed by atoms with E-state index in [1.165, 1.54) is 54.6 Å². The summed E-state index contributed by atoms with van der Waals surface area (Å²) in [6.07, 6.45) is 3.13. The molecule has 4 aromatic rings. The number of Topliss-reactive ketones (excluding diaryl/α,β-unsaturated/α-hetero) is 1. The minimum Gasteiger partial charge on any atom is -0.322 e. The van der Waals surface area contributed by atoms with Crippen molar-refractivity contribution in [2.75, 3.05) is 5.32 Å². The second kappa shape index (κ2) is 12.3. The molecule has 1 amide bonds. The zero-order chi connectivity index (χ0) is 30.4. The van der Waals surface area contributed by atoms with Crippen LogP contribution in [-0.2, 0) is 16.5 Å². The topological polar surface area (TPSA) is 187 Å². The number of carbonyl (C=O) groups excluding carboxylic acids is 2. The second-order valence-electron chi connectivity index (χ2n) is 8.96. The Morgan fingerprint density at radius 2 is 1.31 bits per heavy atom. The molecule has 0 aliphatic rings. The molecule has 0 aromatic heterocycles. The summed E-state index contributed by atoms with van der Waals surface area (Å²) in [4.78, 5) is 45.0. The van der Waals surface area contributed by atoms with Crippen molar-refractivity contribution in [3.05, 3.63) is 139 Å². The largest absolute Gasteiger partial charge is 0.322 e. The van der Waals surface area contributed by atoms with Crippen molar-refractivity contribution in [1.82, 2.24) is 0 Å². The third-order valence-electron chi connectivity index (χ3n) is 6.09. The maximum Gasteiger partial charge on any atom is 0.295 e. The molecule has 0 bridgehead atoms. The summed E-state index contributed by atoms with van der Waals surface area (Å²) in [5.41, 5.74) is 1.72. The first kappa shape index (κ1) is 29.5. The van der Waals surface area contributed by atoms with Gasteiger partial charge in [0.1, 0.15) is 4.90 Å². The Labute approximate surface area is 239 Å². The number of hydrogen-bond acceptors (Lipinski definition) is 8. The van der Waals surface area contributed by atoms with E-state index in [1.54, 1.807) is 30.3 Å². The molecule has 0 aliphatic carbocycles. The van der Waals surface area contributed by atoms with Gasteiger partial charge in [0.2, 0.25) is 0 Å². The normalized spacial score (nSPS) is 11.3. The molecule has 0 saturated heterocycles. The smallest absolute Gasteiger partial charge is 0.295 e. The Balaban J connectivity index is 1.46. The lowest BCUT2D eigenvalue weighted by molar-refractivity contribution is -0.385. The van der Waals surface area contributed by atoms with Crippen LogP contribution in [0.5, 0.6) is 0 Å². The average Bonchev–Trinajstić information content (AvgIpc) is 2.96. The highest BCUT2D eigenvalue weighted by Crippen LogP contribution is 2.24. The highest BCUT2D eigenvalue weighted by Gasteiger charge is 2.17. The van der Waals surface area contributed by atoms with Gasteiger partial charge in [-0.25, -0.2) is 0 Å². The van der Waals surface area contributed by atoms with Gasteiger partial charge in [0.15, 0.2) is 5.78 Å². The van der Waals surface area contributed by atoms with Crippen LogP contribution in [0.4, 0.5) is 17.1 Å². The van der Waals surface area contributed by atoms with Crippen molar-refractivity contribution in [3.63, 3.8) is 0 Å². The lowest BCUT2D eigenvalue weighted by Gasteiger charge is -2.09. The number of non-ortho nitro benzene ring substituents is 2. The summed E-state index contributed by atoms with van der Waals surface area (Å²) >= 11 is 0. The molecule has 0 atom stereocenters. The summed E-state index contributed by atoms with van der Waals surface area (Å²) in [7, 11) is -4.68. The van der Waals surface area contributed by atoms with E-state index in [9.17, 15) is 42.8 Å². The van der Waals surface area contributed by atoms with Crippen LogP contribution in [-0.4, -0.2) is 34.5 Å². The van der Waals surface area contributed by atoms with Gasteiger partial charge >= 0.3 is 0 Å². The van der Waals surface area contributed by atoms with Crippen LogP contribution in [0.15, 0.2) is 95.9 Å². The molecule has 0 unspecified atom stereocenters. The summed E-state index contributed by atoms with van der Waals surface area (Å²) in [5.74, 6) is -0.853. The molecule has 42 heavy (non-hydrogen) atoms. The Morgan fingerprint density at radius 1 is 0.762 bits per heavy atom. The monoisotopic (exact) mass is 587 g/mol. The van der Waals surface area contributed by atoms with Gasteiger partial charge in [-0.05, 0) is 53.1 Å². The van der Waals surface area contributed by atoms with Crippen LogP contribution in [0.3, 0.4) is 0 Å². The van der Waals surface area contributed by atoms with Crippen LogP contribution >= 0.6 is 0 Å². The molecule has 13 heteroatoms. The van der Waals surface area contributed by atoms with Gasteiger partial charge in [-0.1, -0.05) is 42.5 Å². The number of nitro groups is 2. The van der Waals surface area contributed by atoms with Crippen LogP contribution < -0.4 is 5.32 Å². The molecular formula is C29H21N3O9S. The van der Waals surface area contributed by atoms with E-state index >= 15 is 0 Å². The highest BCUT2D eigenvalue weighted by atomic mass is 32.2. The fraction of sp³-hybridized carbons (Fsp3) is 0.0345. The van der Waals surface area contributed by atoms with Crippen LogP contribution in [0.1, 0.15) is 37.4 Å². The zero-order valence-electron chi connectivity index (χ0n) is 21.5. The SMILES string of the molecule is O=C(Cc1ccc(/C=C/c2ccc(NC(=O)c3ccc([N+](=O)[O-])cc3)cc2S(=O)(=O)O)cc1)c1ccc([N+](=O)[O-])cc1. The van der Waals surface area contributed by atoms with E-state index in [1.807, 2.05) is 0 Å². The third-order valence-corrected chi connectivity index (χ3v) is 7.00. The Kier molecular flexibility index (Phi) is 8.64. The maximum absolute atomic E-state index is 12.5. The Bertz CT molecular complexity index is 1820. The predicted octanol–water partition coefficient (Wildman–Crippen LogP) is 5.60. The number of amides is 1. The molecule has 4 aromatic carbocycles. The van der Waals surface area contributed by atoms with Gasteiger partial charge in [-0.3, -0.25) is 34.4 Å². The quantitative estimate of drug-likeness (QED) is 0.0783. The molecule has 0 saturated carbocycles. The highest BCUT2D eigenvalue weighted by molar-refractivity contribution is 7.86. The second-order valence-corrected chi connectivity index (χ2v) is 10.4. The number of anilines is 1. The third kappa shape index (κ3) is 7.35. The lowest BCUT2D eigenvalue weighted by atomic mass is 10.0. The molecule has 0 radical (unpaired) electrons. The lowest BCUT2D eigenvalue weighted by Crippen LogP contribution is -2.12. The van der Waals surface area contributed by atoms with Crippen LogP contribution in [0.25, 0.3) is 12.2 Å². The molecule has 0 heterocycles. The molecule has 2 N–H and O–H groups in total. The average molecular weight is 588 g/mol. The van der Waals surface area contributed by atoms with E-state index in [2.05, 4.69) is 5.32 Å². The number of ketones is 1. The fourth-order valence-corrected chi connectivity index (χ4v) is 4.61. The minimum absolute atomic E-state index is 0.0712. The zero-order valence-corrected chi connectivity index (χ0v) is 22.4. The van der Waals surface area contributed by atoms with Crippen molar-refractivity contribution in [2.24, 2.45) is 0 Å². The number of nitro benzene ring substituents is 2. The van der Waals surface area contributed by atoms with E-state index in [-0.39, 0.29) is 40.4 Å². The molecule has 4 rings (SSSR count). The Morgan fingerprint density at radius 3 is 1.83 bits per heavy atom. The van der Waals surface area contributed by atoms with Gasteiger partial charge in [0.05, 0.1) is 9.85 Å². The first-order chi connectivity index (χ1) is 19.9. The summed E-state index contributed by atoms with van der Waals surface area (Å²) in [6.45, 7) is 0. The predicted molar refractivity (Wildman–Crippen MR) is 154 cm³/mol. The fourth-order valence-electron chi connectivity index (χ4n) is 3.90. The number of nitrogens with one attached hydrogen (secondary N) is 1. The standard InChI is InChI=1S/C29H21N3O9S/c33-27(21-8-13-25(14-9-21)31(35)36)17-20-3-1-19(2-4-20)5-6-22-7-12-24(18-28(22)42(39,40)41)30-29(34)23-10-15-26(16-11-23)32(37)38/h1-16,18H,17H2,(H,30,34)(H,39,40,41)/b6-5+. The van der Waals surface area contributed by atoms with Gasteiger partial charge in [0.25, 0.3) is 27.4 Å². The molecule has 0 spiro atoms. The maximum atomic E-state index is 12.5. The van der Waals surface area contributed by atoms with Gasteiger partial charge in [0, 0.05) is 47.5 Å². The molecule has 0 aliphatic heterocycles. The minimum atomic E-state index is -4.68. The summed E-state index contributed by atoms with van der Waals surface area (Å²) in [5, 5.41) is 24.1. The number of nitrogens with zero attached hydrogens (tertiary/aromatic N) is 2. The van der Waals surface area contributed by atoms with Gasteiger partial charge in [-0.2, -0.15) is 8.42 Å². The number of carbonyl (C=O) groups is 2. The first-order valence-corrected chi connectivity index (χ1v) is 13.6. The van der Waals surface area contributed by atoms with E-state index in [0.717, 1.165) is 18.2 Å². The number of benzene rings is 4. The van der Waals surface area contributed by atoms with Crippen molar-refractivity contribution >= 4 is 51.0 Å². The first-order valence-electron chi connectivity index (χ1n) is 12.1. The van der Waals surface area contributed by atoms with Crippen LogP contribution in [0.2, 0.25) is 0 Å².